The van der Waals surface area contributed by atoms with Crippen LogP contribution in [0.25, 0.3) is 10.2 Å². The summed E-state index contributed by atoms with van der Waals surface area (Å²) < 4.78 is 0.872. The summed E-state index contributed by atoms with van der Waals surface area (Å²) in [5, 5.41) is 27.5. The van der Waals surface area contributed by atoms with E-state index in [9.17, 15) is 25.0 Å². The molecule has 0 atom stereocenters. The zero-order valence-electron chi connectivity index (χ0n) is 17.1. The largest absolute Gasteiger partial charge is 0.280 e. The van der Waals surface area contributed by atoms with Gasteiger partial charge in [0.15, 0.2) is 0 Å². The molecule has 4 rings (SSSR count). The number of aromatic nitrogens is 1. The van der Waals surface area contributed by atoms with Gasteiger partial charge in [0.25, 0.3) is 17.3 Å². The maximum atomic E-state index is 13.3. The van der Waals surface area contributed by atoms with Crippen molar-refractivity contribution in [3.8, 4) is 0 Å². The van der Waals surface area contributed by atoms with Crippen LogP contribution in [0.4, 0.5) is 16.5 Å². The van der Waals surface area contributed by atoms with E-state index in [0.29, 0.717) is 16.2 Å². The average molecular weight is 461 g/mol. The molecule has 0 N–H and O–H groups in total. The molecule has 1 amide bonds. The Balaban J connectivity index is 1.72. The van der Waals surface area contributed by atoms with Crippen LogP contribution in [-0.4, -0.2) is 27.0 Å². The number of carbonyl (C=O) groups is 1. The second-order valence-corrected chi connectivity index (χ2v) is 7.99. The van der Waals surface area contributed by atoms with Crippen molar-refractivity contribution in [1.82, 2.24) is 4.98 Å². The number of nitrogens with zero attached hydrogens (tertiary/aromatic N) is 5. The van der Waals surface area contributed by atoms with Crippen LogP contribution in [0, 0.1) is 27.2 Å². The molecule has 3 aromatic carbocycles. The molecular formula is C22H15N5O5S. The average Bonchev–Trinajstić information content (AvgIpc) is 3.22. The number of aryl methyl sites for hydroxylation is 1. The van der Waals surface area contributed by atoms with Crippen molar-refractivity contribution in [3.63, 3.8) is 0 Å². The van der Waals surface area contributed by atoms with Gasteiger partial charge in [0.05, 0.1) is 26.3 Å². The fourth-order valence-electron chi connectivity index (χ4n) is 2.95. The Bertz CT molecular complexity index is 1400. The molecule has 0 saturated carbocycles. The van der Waals surface area contributed by atoms with E-state index in [1.54, 1.807) is 0 Å². The van der Waals surface area contributed by atoms with Gasteiger partial charge in [-0.25, -0.2) is 4.98 Å². The first-order valence-electron chi connectivity index (χ1n) is 9.56. The Morgan fingerprint density at radius 3 is 2.18 bits per heavy atom. The molecule has 0 radical (unpaired) electrons. The third-order valence-electron chi connectivity index (χ3n) is 4.66. The van der Waals surface area contributed by atoms with Crippen molar-refractivity contribution in [2.75, 3.05) is 5.01 Å². The lowest BCUT2D eigenvalue weighted by atomic mass is 10.2. The maximum Gasteiger partial charge on any atom is 0.280 e. The van der Waals surface area contributed by atoms with E-state index < -0.39 is 15.8 Å². The van der Waals surface area contributed by atoms with Crippen LogP contribution in [0.1, 0.15) is 21.5 Å². The molecule has 0 unspecified atom stereocenters. The molecule has 1 heterocycles. The number of benzene rings is 3. The number of nitro benzene ring substituents is 2. The first-order chi connectivity index (χ1) is 15.8. The van der Waals surface area contributed by atoms with Gasteiger partial charge in [-0.3, -0.25) is 25.0 Å². The number of anilines is 1. The number of hydrogen-bond donors (Lipinski definition) is 0. The SMILES string of the molecule is Cc1ccc2nc(N(/N=C/c3ccc([N+](=O)[O-])cc3)C(=O)c3ccc([N+](=O)[O-])cc3)sc2c1. The number of thiazole rings is 1. The summed E-state index contributed by atoms with van der Waals surface area (Å²) in [5.41, 5.74) is 2.28. The van der Waals surface area contributed by atoms with Gasteiger partial charge in [0.1, 0.15) is 0 Å². The number of nitro groups is 2. The van der Waals surface area contributed by atoms with Crippen LogP contribution >= 0.6 is 11.3 Å². The van der Waals surface area contributed by atoms with Gasteiger partial charge in [0, 0.05) is 29.8 Å². The molecule has 0 bridgehead atoms. The molecule has 0 aliphatic heterocycles. The van der Waals surface area contributed by atoms with E-state index in [4.69, 9.17) is 0 Å². The highest BCUT2D eigenvalue weighted by atomic mass is 32.1. The Labute approximate surface area is 190 Å². The van der Waals surface area contributed by atoms with Crippen LogP contribution < -0.4 is 5.01 Å². The predicted molar refractivity (Wildman–Crippen MR) is 125 cm³/mol. The topological polar surface area (TPSA) is 132 Å². The third-order valence-corrected chi connectivity index (χ3v) is 5.65. The Morgan fingerprint density at radius 2 is 1.58 bits per heavy atom. The lowest BCUT2D eigenvalue weighted by molar-refractivity contribution is -0.385. The lowest BCUT2D eigenvalue weighted by Gasteiger charge is -2.13. The van der Waals surface area contributed by atoms with Gasteiger partial charge < -0.3 is 0 Å². The fourth-order valence-corrected chi connectivity index (χ4v) is 3.97. The molecular weight excluding hydrogens is 446 g/mol. The highest BCUT2D eigenvalue weighted by Crippen LogP contribution is 2.31. The predicted octanol–water partition coefficient (Wildman–Crippen LogP) is 5.10. The molecule has 11 heteroatoms. The van der Waals surface area contributed by atoms with Crippen molar-refractivity contribution in [3.05, 3.63) is 104 Å². The second kappa shape index (κ2) is 8.93. The number of hydrogen-bond acceptors (Lipinski definition) is 8. The van der Waals surface area contributed by atoms with E-state index in [0.717, 1.165) is 15.3 Å². The molecule has 0 spiro atoms. The van der Waals surface area contributed by atoms with Gasteiger partial charge in [-0.2, -0.15) is 10.1 Å². The minimum atomic E-state index is -0.547. The molecule has 33 heavy (non-hydrogen) atoms. The molecule has 4 aromatic rings. The summed E-state index contributed by atoms with van der Waals surface area (Å²) in [5.74, 6) is -0.529. The standard InChI is InChI=1S/C22H15N5O5S/c1-14-2-11-19-20(12-14)33-22(24-19)25(21(28)16-5-9-18(10-6-16)27(31)32)23-13-15-3-7-17(8-4-15)26(29)30/h2-13H,1H3/b23-13+. The number of fused-ring (bicyclic) bond motifs is 1. The normalized spacial score (nSPS) is 11.1. The molecule has 164 valence electrons. The first-order valence-corrected chi connectivity index (χ1v) is 10.4. The van der Waals surface area contributed by atoms with Gasteiger partial charge in [-0.1, -0.05) is 17.4 Å². The molecule has 10 nitrogen and oxygen atoms in total. The molecule has 0 aliphatic carbocycles. The van der Waals surface area contributed by atoms with Crippen molar-refractivity contribution in [1.29, 1.82) is 0 Å². The molecule has 1 aromatic heterocycles. The highest BCUT2D eigenvalue weighted by molar-refractivity contribution is 7.22. The van der Waals surface area contributed by atoms with Gasteiger partial charge in [-0.15, -0.1) is 0 Å². The van der Waals surface area contributed by atoms with Crippen LogP contribution in [0.15, 0.2) is 71.8 Å². The summed E-state index contributed by atoms with van der Waals surface area (Å²) in [6, 6.07) is 16.6. The Morgan fingerprint density at radius 1 is 0.970 bits per heavy atom. The first kappa shape index (κ1) is 21.7. The number of amides is 1. The van der Waals surface area contributed by atoms with E-state index in [1.165, 1.54) is 66.1 Å². The van der Waals surface area contributed by atoms with Crippen LogP contribution in [0.5, 0.6) is 0 Å². The summed E-state index contributed by atoms with van der Waals surface area (Å²) >= 11 is 1.27. The van der Waals surface area contributed by atoms with Crippen molar-refractivity contribution < 1.29 is 14.6 Å². The minimum absolute atomic E-state index is 0.0625. The van der Waals surface area contributed by atoms with Crippen molar-refractivity contribution in [2.45, 2.75) is 6.92 Å². The van der Waals surface area contributed by atoms with Crippen LogP contribution in [0.3, 0.4) is 0 Å². The lowest BCUT2D eigenvalue weighted by Crippen LogP contribution is -2.25. The Kier molecular flexibility index (Phi) is 5.87. The van der Waals surface area contributed by atoms with E-state index in [-0.39, 0.29) is 16.9 Å². The number of carbonyl (C=O) groups excluding carboxylic acids is 1. The third kappa shape index (κ3) is 4.72. The zero-order valence-corrected chi connectivity index (χ0v) is 17.9. The van der Waals surface area contributed by atoms with Crippen molar-refractivity contribution in [2.24, 2.45) is 5.10 Å². The molecule has 0 fully saturated rings. The quantitative estimate of drug-likeness (QED) is 0.223. The van der Waals surface area contributed by atoms with Gasteiger partial charge >= 0.3 is 0 Å². The van der Waals surface area contributed by atoms with E-state index >= 15 is 0 Å². The van der Waals surface area contributed by atoms with Gasteiger partial charge in [-0.05, 0) is 54.4 Å². The smallest absolute Gasteiger partial charge is 0.267 e. The highest BCUT2D eigenvalue weighted by Gasteiger charge is 2.22. The summed E-state index contributed by atoms with van der Waals surface area (Å²) in [7, 11) is 0. The fraction of sp³-hybridized carbons (Fsp3) is 0.0455. The molecule has 0 saturated heterocycles. The van der Waals surface area contributed by atoms with Crippen LogP contribution in [0.2, 0.25) is 0 Å². The summed E-state index contributed by atoms with van der Waals surface area (Å²) in [4.78, 5) is 38.5. The zero-order chi connectivity index (χ0) is 23.5. The van der Waals surface area contributed by atoms with Gasteiger partial charge in [0.2, 0.25) is 5.13 Å². The molecule has 0 aliphatic rings. The summed E-state index contributed by atoms with van der Waals surface area (Å²) in [6.07, 6.45) is 1.39. The Hall–Kier alpha value is -4.51. The monoisotopic (exact) mass is 461 g/mol. The minimum Gasteiger partial charge on any atom is -0.267 e. The second-order valence-electron chi connectivity index (χ2n) is 6.98. The summed E-state index contributed by atoms with van der Waals surface area (Å²) in [6.45, 7) is 1.95. The number of hydrazone groups is 1. The van der Waals surface area contributed by atoms with Crippen LogP contribution in [-0.2, 0) is 0 Å². The van der Waals surface area contributed by atoms with E-state index in [2.05, 4.69) is 10.1 Å². The number of non-ortho nitro benzene ring substituents is 2. The maximum absolute atomic E-state index is 13.3. The number of rotatable bonds is 6. The van der Waals surface area contributed by atoms with Crippen molar-refractivity contribution >= 4 is 50.2 Å². The van der Waals surface area contributed by atoms with E-state index in [1.807, 2.05) is 25.1 Å².